The second kappa shape index (κ2) is 5.87. The molecule has 0 bridgehead atoms. The third-order valence-corrected chi connectivity index (χ3v) is 2.37. The molecule has 0 fully saturated rings. The zero-order chi connectivity index (χ0) is 13.1. The van der Waals surface area contributed by atoms with E-state index in [4.69, 9.17) is 5.21 Å². The van der Waals surface area contributed by atoms with E-state index in [0.717, 1.165) is 6.07 Å². The highest BCUT2D eigenvalue weighted by molar-refractivity contribution is 5.85. The summed E-state index contributed by atoms with van der Waals surface area (Å²) in [5.74, 6) is 0. The number of nitro groups is 1. The van der Waals surface area contributed by atoms with Crippen LogP contribution >= 0.6 is 12.4 Å². The number of rotatable bonds is 3. The van der Waals surface area contributed by atoms with E-state index in [-0.39, 0.29) is 23.8 Å². The van der Waals surface area contributed by atoms with E-state index in [1.807, 2.05) is 0 Å². The van der Waals surface area contributed by atoms with Gasteiger partial charge in [-0.3, -0.25) is 10.1 Å². The van der Waals surface area contributed by atoms with Crippen molar-refractivity contribution < 1.29 is 19.6 Å². The number of pyridine rings is 1. The van der Waals surface area contributed by atoms with E-state index in [9.17, 15) is 15.0 Å². The Hall–Kier alpha value is -2.54. The molecule has 2 aromatic rings. The van der Waals surface area contributed by atoms with Gasteiger partial charge in [-0.1, -0.05) is 6.07 Å². The van der Waals surface area contributed by atoms with Crippen molar-refractivity contribution in [2.24, 2.45) is 0 Å². The molecule has 0 amide bonds. The van der Waals surface area contributed by atoms with Crippen molar-refractivity contribution in [3.05, 3.63) is 63.8 Å². The van der Waals surface area contributed by atoms with E-state index in [0.29, 0.717) is 5.69 Å². The summed E-state index contributed by atoms with van der Waals surface area (Å²) in [7, 11) is 0. The molecule has 8 heteroatoms. The SMILES string of the molecule is Cl.O=[N+]([O-])c1cc([N+](=O)O)ccc1-[n+]1ccccc1. The summed E-state index contributed by atoms with van der Waals surface area (Å²) < 4.78 is 1.55. The van der Waals surface area contributed by atoms with Crippen molar-refractivity contribution >= 4 is 23.8 Å². The Morgan fingerprint density at radius 1 is 1.11 bits per heavy atom. The Morgan fingerprint density at radius 2 is 1.74 bits per heavy atom. The molecule has 0 spiro atoms. The lowest BCUT2D eigenvalue weighted by Crippen LogP contribution is -2.30. The zero-order valence-corrected chi connectivity index (χ0v) is 10.4. The predicted octanol–water partition coefficient (Wildman–Crippen LogP) is 2.09. The van der Waals surface area contributed by atoms with Crippen molar-refractivity contribution in [3.8, 4) is 5.69 Å². The first-order valence-corrected chi connectivity index (χ1v) is 5.01. The van der Waals surface area contributed by atoms with Crippen LogP contribution in [0.15, 0.2) is 48.8 Å². The number of hydrogen-bond acceptors (Lipinski definition) is 3. The van der Waals surface area contributed by atoms with Gasteiger partial charge in [0.25, 0.3) is 10.6 Å². The quantitative estimate of drug-likeness (QED) is 0.531. The third-order valence-electron chi connectivity index (χ3n) is 2.37. The number of benzene rings is 1. The lowest BCUT2D eigenvalue weighted by atomic mass is 10.2. The zero-order valence-electron chi connectivity index (χ0n) is 9.54. The first-order chi connectivity index (χ1) is 8.59. The van der Waals surface area contributed by atoms with Crippen LogP contribution in [0.2, 0.25) is 0 Å². The van der Waals surface area contributed by atoms with Gasteiger partial charge in [0.2, 0.25) is 0 Å². The molecule has 1 heterocycles. The first-order valence-electron chi connectivity index (χ1n) is 5.01. The molecule has 0 unspecified atom stereocenters. The van der Waals surface area contributed by atoms with E-state index in [2.05, 4.69) is 0 Å². The summed E-state index contributed by atoms with van der Waals surface area (Å²) in [4.78, 5) is 20.7. The molecule has 0 atom stereocenters. The fourth-order valence-electron chi connectivity index (χ4n) is 1.55. The molecule has 0 saturated carbocycles. The summed E-state index contributed by atoms with van der Waals surface area (Å²) in [6, 6.07) is 8.95. The van der Waals surface area contributed by atoms with Crippen LogP contribution in [0.5, 0.6) is 0 Å². The molecule has 1 aromatic heterocycles. The molecule has 19 heavy (non-hydrogen) atoms. The minimum absolute atomic E-state index is 0. The second-order valence-corrected chi connectivity index (χ2v) is 3.49. The predicted molar refractivity (Wildman–Crippen MR) is 67.0 cm³/mol. The van der Waals surface area contributed by atoms with Gasteiger partial charge in [0.15, 0.2) is 12.4 Å². The highest BCUT2D eigenvalue weighted by Crippen LogP contribution is 2.24. The summed E-state index contributed by atoms with van der Waals surface area (Å²) in [6.45, 7) is 0. The Kier molecular flexibility index (Phi) is 4.49. The van der Waals surface area contributed by atoms with Gasteiger partial charge >= 0.3 is 11.4 Å². The average Bonchev–Trinajstić information content (AvgIpc) is 2.39. The van der Waals surface area contributed by atoms with Crippen LogP contribution in [-0.4, -0.2) is 15.1 Å². The smallest absolute Gasteiger partial charge is 0.258 e. The Morgan fingerprint density at radius 3 is 2.26 bits per heavy atom. The monoisotopic (exact) mass is 283 g/mol. The minimum Gasteiger partial charge on any atom is -0.258 e. The number of hydrogen-bond donors (Lipinski definition) is 1. The average molecular weight is 284 g/mol. The van der Waals surface area contributed by atoms with Crippen molar-refractivity contribution in [1.29, 1.82) is 0 Å². The molecule has 98 valence electrons. The van der Waals surface area contributed by atoms with Crippen molar-refractivity contribution in [3.63, 3.8) is 0 Å². The Labute approximate surface area is 113 Å². The molecular formula is C11H10ClN3O4+2. The number of aromatic nitrogens is 1. The fraction of sp³-hybridized carbons (Fsp3) is 0. The van der Waals surface area contributed by atoms with Crippen LogP contribution in [0.1, 0.15) is 0 Å². The van der Waals surface area contributed by atoms with Gasteiger partial charge in [-0.2, -0.15) is 4.57 Å². The summed E-state index contributed by atoms with van der Waals surface area (Å²) in [5.41, 5.74) is -0.146. The Bertz CT molecular complexity index is 619. The minimum atomic E-state index is -0.609. The van der Waals surface area contributed by atoms with Gasteiger partial charge in [-0.15, -0.1) is 12.4 Å². The van der Waals surface area contributed by atoms with Gasteiger partial charge in [0.1, 0.15) is 6.07 Å². The molecule has 0 aliphatic heterocycles. The molecule has 2 rings (SSSR count). The van der Waals surface area contributed by atoms with E-state index >= 15 is 0 Å². The Balaban J connectivity index is 0.00000180. The van der Waals surface area contributed by atoms with Crippen LogP contribution in [0, 0.1) is 15.0 Å². The third kappa shape index (κ3) is 3.02. The van der Waals surface area contributed by atoms with Gasteiger partial charge < -0.3 is 0 Å². The number of halogens is 1. The highest BCUT2D eigenvalue weighted by atomic mass is 35.5. The normalized spacial score (nSPS) is 9.47. The van der Waals surface area contributed by atoms with Gasteiger partial charge in [0.05, 0.1) is 9.83 Å². The van der Waals surface area contributed by atoms with E-state index in [1.54, 1.807) is 35.2 Å². The van der Waals surface area contributed by atoms with E-state index in [1.165, 1.54) is 12.1 Å². The lowest BCUT2D eigenvalue weighted by Gasteiger charge is -1.96. The van der Waals surface area contributed by atoms with Crippen LogP contribution < -0.4 is 4.57 Å². The van der Waals surface area contributed by atoms with Crippen molar-refractivity contribution in [2.75, 3.05) is 0 Å². The molecule has 0 aliphatic rings. The fourth-order valence-corrected chi connectivity index (χ4v) is 1.55. The number of nitro benzene ring substituents is 1. The maximum Gasteiger partial charge on any atom is 0.347 e. The van der Waals surface area contributed by atoms with Crippen LogP contribution in [-0.2, 0) is 0 Å². The maximum atomic E-state index is 11.0. The van der Waals surface area contributed by atoms with Crippen LogP contribution in [0.3, 0.4) is 0 Å². The van der Waals surface area contributed by atoms with Crippen molar-refractivity contribution in [1.82, 2.24) is 0 Å². The molecule has 1 N–H and O–H groups in total. The molecule has 0 aliphatic carbocycles. The summed E-state index contributed by atoms with van der Waals surface area (Å²) in [6.07, 6.45) is 3.30. The second-order valence-electron chi connectivity index (χ2n) is 3.49. The molecule has 0 saturated heterocycles. The molecule has 0 radical (unpaired) electrons. The summed E-state index contributed by atoms with van der Waals surface area (Å²) in [5, 5.41) is 19.7. The van der Waals surface area contributed by atoms with Gasteiger partial charge in [-0.25, -0.2) is 5.21 Å². The van der Waals surface area contributed by atoms with Crippen LogP contribution in [0.25, 0.3) is 5.69 Å². The molecule has 7 nitrogen and oxygen atoms in total. The summed E-state index contributed by atoms with van der Waals surface area (Å²) >= 11 is 0. The highest BCUT2D eigenvalue weighted by Gasteiger charge is 2.27. The first kappa shape index (κ1) is 14.5. The number of nitrogens with zero attached hydrogens (tertiary/aromatic N) is 3. The van der Waals surface area contributed by atoms with Gasteiger partial charge in [-0.05, 0) is 0 Å². The molecular weight excluding hydrogens is 274 g/mol. The van der Waals surface area contributed by atoms with Crippen molar-refractivity contribution in [2.45, 2.75) is 0 Å². The lowest BCUT2D eigenvalue weighted by molar-refractivity contribution is -0.730. The van der Waals surface area contributed by atoms with Gasteiger partial charge in [0, 0.05) is 24.3 Å². The van der Waals surface area contributed by atoms with E-state index < -0.39 is 9.85 Å². The topological polar surface area (TPSA) is 87.3 Å². The van der Waals surface area contributed by atoms with Crippen LogP contribution in [0.4, 0.5) is 11.4 Å². The maximum absolute atomic E-state index is 11.0. The molecule has 1 aromatic carbocycles. The largest absolute Gasteiger partial charge is 0.347 e. The standard InChI is InChI=1S/C11H9N3O4.ClH/c15-13(16)9-4-5-10(11(8-9)14(17)18)12-6-2-1-3-7-12;/h1-8H,(H,15,16);1H/q+2;.